The third kappa shape index (κ3) is 3.25. The van der Waals surface area contributed by atoms with Crippen molar-refractivity contribution in [1.82, 2.24) is 15.0 Å². The molecule has 0 amide bonds. The van der Waals surface area contributed by atoms with Gasteiger partial charge in [-0.2, -0.15) is 0 Å². The molecule has 0 fully saturated rings. The maximum Gasteiger partial charge on any atom is 0.113 e. The van der Waals surface area contributed by atoms with E-state index in [0.717, 1.165) is 17.8 Å². The van der Waals surface area contributed by atoms with Gasteiger partial charge in [0.05, 0.1) is 12.7 Å². The van der Waals surface area contributed by atoms with Gasteiger partial charge in [0.2, 0.25) is 0 Å². The van der Waals surface area contributed by atoms with Crippen LogP contribution in [0.5, 0.6) is 0 Å². The van der Waals surface area contributed by atoms with E-state index in [1.165, 1.54) is 11.1 Å². The third-order valence-electron chi connectivity index (χ3n) is 3.77. The van der Waals surface area contributed by atoms with Gasteiger partial charge < -0.3 is 0 Å². The van der Waals surface area contributed by atoms with E-state index in [0.29, 0.717) is 0 Å². The second-order valence-electron chi connectivity index (χ2n) is 6.61. The summed E-state index contributed by atoms with van der Waals surface area (Å²) in [4.78, 5) is 0. The van der Waals surface area contributed by atoms with Crippen molar-refractivity contribution in [2.24, 2.45) is 0 Å². The highest BCUT2D eigenvalue weighted by atomic mass is 15.4. The zero-order chi connectivity index (χ0) is 15.6. The van der Waals surface area contributed by atoms with Crippen molar-refractivity contribution in [1.29, 1.82) is 0 Å². The van der Waals surface area contributed by atoms with E-state index in [2.05, 4.69) is 55.3 Å². The van der Waals surface area contributed by atoms with Crippen LogP contribution in [-0.4, -0.2) is 15.0 Å². The molecule has 0 atom stereocenters. The van der Waals surface area contributed by atoms with Gasteiger partial charge in [0.25, 0.3) is 0 Å². The Kier molecular flexibility index (Phi) is 3.80. The maximum atomic E-state index is 4.25. The summed E-state index contributed by atoms with van der Waals surface area (Å²) >= 11 is 0. The molecule has 2 aromatic carbocycles. The summed E-state index contributed by atoms with van der Waals surface area (Å²) in [5, 5.41) is 8.48. The zero-order valence-electron chi connectivity index (χ0n) is 13.3. The fourth-order valence-corrected chi connectivity index (χ4v) is 2.41. The molecule has 0 N–H and O–H groups in total. The van der Waals surface area contributed by atoms with Crippen LogP contribution in [0.2, 0.25) is 0 Å². The molecule has 0 unspecified atom stereocenters. The predicted molar refractivity (Wildman–Crippen MR) is 89.7 cm³/mol. The largest absolute Gasteiger partial charge is 0.247 e. The van der Waals surface area contributed by atoms with Crippen LogP contribution < -0.4 is 0 Å². The van der Waals surface area contributed by atoms with Gasteiger partial charge in [0.15, 0.2) is 0 Å². The molecule has 3 aromatic rings. The van der Waals surface area contributed by atoms with E-state index in [9.17, 15) is 0 Å². The van der Waals surface area contributed by atoms with E-state index in [4.69, 9.17) is 0 Å². The summed E-state index contributed by atoms with van der Waals surface area (Å²) in [7, 11) is 0. The number of rotatable bonds is 3. The van der Waals surface area contributed by atoms with Crippen molar-refractivity contribution >= 4 is 0 Å². The summed E-state index contributed by atoms with van der Waals surface area (Å²) < 4.78 is 1.88. The molecule has 0 saturated carbocycles. The molecule has 0 aliphatic heterocycles. The van der Waals surface area contributed by atoms with Gasteiger partial charge in [-0.3, -0.25) is 0 Å². The lowest BCUT2D eigenvalue weighted by Gasteiger charge is -2.19. The molecule has 0 aliphatic carbocycles. The van der Waals surface area contributed by atoms with E-state index < -0.39 is 0 Å². The molecule has 0 bridgehead atoms. The van der Waals surface area contributed by atoms with Crippen LogP contribution >= 0.6 is 0 Å². The first-order chi connectivity index (χ1) is 10.5. The molecule has 3 rings (SSSR count). The van der Waals surface area contributed by atoms with Gasteiger partial charge in [0, 0.05) is 5.56 Å². The highest BCUT2D eigenvalue weighted by Gasteiger charge is 2.13. The van der Waals surface area contributed by atoms with Crippen molar-refractivity contribution in [3.63, 3.8) is 0 Å². The lowest BCUT2D eigenvalue weighted by atomic mass is 9.87. The standard InChI is InChI=1S/C19H21N3/c1-19(2,3)17-11-9-15(10-12-17)13-22-14-18(20-21-22)16-7-5-4-6-8-16/h4-12,14H,13H2,1-3H3. The van der Waals surface area contributed by atoms with Crippen LogP contribution in [0.3, 0.4) is 0 Å². The Morgan fingerprint density at radius 3 is 2.23 bits per heavy atom. The molecule has 1 heterocycles. The summed E-state index contributed by atoms with van der Waals surface area (Å²) in [6, 6.07) is 18.9. The van der Waals surface area contributed by atoms with Gasteiger partial charge in [-0.05, 0) is 16.5 Å². The maximum absolute atomic E-state index is 4.25. The van der Waals surface area contributed by atoms with Gasteiger partial charge in [0.1, 0.15) is 5.69 Å². The smallest absolute Gasteiger partial charge is 0.113 e. The molecule has 3 nitrogen and oxygen atoms in total. The van der Waals surface area contributed by atoms with Gasteiger partial charge in [-0.1, -0.05) is 80.6 Å². The second-order valence-corrected chi connectivity index (χ2v) is 6.61. The molecule has 0 radical (unpaired) electrons. The first kappa shape index (κ1) is 14.5. The Labute approximate surface area is 131 Å². The van der Waals surface area contributed by atoms with Gasteiger partial charge in [-0.25, -0.2) is 4.68 Å². The van der Waals surface area contributed by atoms with Crippen LogP contribution in [0, 0.1) is 0 Å². The number of hydrogen-bond acceptors (Lipinski definition) is 2. The average molecular weight is 291 g/mol. The topological polar surface area (TPSA) is 30.7 Å². The van der Waals surface area contributed by atoms with E-state index in [1.54, 1.807) is 0 Å². The molecule has 22 heavy (non-hydrogen) atoms. The fourth-order valence-electron chi connectivity index (χ4n) is 2.41. The lowest BCUT2D eigenvalue weighted by Crippen LogP contribution is -2.11. The number of aromatic nitrogens is 3. The quantitative estimate of drug-likeness (QED) is 0.720. The summed E-state index contributed by atoms with van der Waals surface area (Å²) in [5.41, 5.74) is 4.77. The third-order valence-corrected chi connectivity index (χ3v) is 3.77. The van der Waals surface area contributed by atoms with Crippen molar-refractivity contribution < 1.29 is 0 Å². The highest BCUT2D eigenvalue weighted by Crippen LogP contribution is 2.22. The Balaban J connectivity index is 1.76. The van der Waals surface area contributed by atoms with Gasteiger partial charge in [-0.15, -0.1) is 5.10 Å². The molecule has 0 saturated heterocycles. The van der Waals surface area contributed by atoms with Crippen molar-refractivity contribution in [3.05, 3.63) is 71.9 Å². The van der Waals surface area contributed by atoms with Crippen LogP contribution in [0.1, 0.15) is 31.9 Å². The Bertz CT molecular complexity index is 734. The van der Waals surface area contributed by atoms with Crippen LogP contribution in [-0.2, 0) is 12.0 Å². The fraction of sp³-hybridized carbons (Fsp3) is 0.263. The first-order valence-electron chi connectivity index (χ1n) is 7.57. The highest BCUT2D eigenvalue weighted by molar-refractivity contribution is 5.57. The van der Waals surface area contributed by atoms with Gasteiger partial charge >= 0.3 is 0 Å². The molecular formula is C19H21N3. The van der Waals surface area contributed by atoms with E-state index >= 15 is 0 Å². The minimum absolute atomic E-state index is 0.187. The molecule has 0 aliphatic rings. The SMILES string of the molecule is CC(C)(C)c1ccc(Cn2cc(-c3ccccc3)nn2)cc1. The normalized spacial score (nSPS) is 11.6. The molecule has 112 valence electrons. The Morgan fingerprint density at radius 2 is 1.59 bits per heavy atom. The lowest BCUT2D eigenvalue weighted by molar-refractivity contribution is 0.589. The zero-order valence-corrected chi connectivity index (χ0v) is 13.3. The van der Waals surface area contributed by atoms with Crippen molar-refractivity contribution in [2.45, 2.75) is 32.7 Å². The minimum Gasteiger partial charge on any atom is -0.247 e. The number of nitrogens with zero attached hydrogens (tertiary/aromatic N) is 3. The molecule has 0 spiro atoms. The molecule has 1 aromatic heterocycles. The number of hydrogen-bond donors (Lipinski definition) is 0. The molecular weight excluding hydrogens is 270 g/mol. The van der Waals surface area contributed by atoms with Crippen LogP contribution in [0.4, 0.5) is 0 Å². The number of benzene rings is 2. The van der Waals surface area contributed by atoms with E-state index in [1.807, 2.05) is 41.2 Å². The predicted octanol–water partition coefficient (Wildman–Crippen LogP) is 4.29. The Morgan fingerprint density at radius 1 is 0.909 bits per heavy atom. The van der Waals surface area contributed by atoms with Crippen molar-refractivity contribution in [2.75, 3.05) is 0 Å². The summed E-state index contributed by atoms with van der Waals surface area (Å²) in [6.07, 6.45) is 1.99. The molecule has 3 heteroatoms. The van der Waals surface area contributed by atoms with Crippen LogP contribution in [0.15, 0.2) is 60.8 Å². The summed E-state index contributed by atoms with van der Waals surface area (Å²) in [5.74, 6) is 0. The first-order valence-corrected chi connectivity index (χ1v) is 7.57. The Hall–Kier alpha value is -2.42. The minimum atomic E-state index is 0.187. The second kappa shape index (κ2) is 5.76. The van der Waals surface area contributed by atoms with Crippen LogP contribution in [0.25, 0.3) is 11.3 Å². The van der Waals surface area contributed by atoms with Crippen molar-refractivity contribution in [3.8, 4) is 11.3 Å². The van der Waals surface area contributed by atoms with E-state index in [-0.39, 0.29) is 5.41 Å². The summed E-state index contributed by atoms with van der Waals surface area (Å²) in [6.45, 7) is 7.42. The monoisotopic (exact) mass is 291 g/mol. The average Bonchev–Trinajstić information content (AvgIpc) is 2.96.